The average Bonchev–Trinajstić information content (AvgIpc) is 2.72. The topological polar surface area (TPSA) is 72.0 Å². The number of hydrogen-bond acceptors (Lipinski definition) is 6. The number of nitrogens with one attached hydrogen (secondary N) is 2. The molecular formula is C20H21N5O. The number of anilines is 2. The zero-order chi connectivity index (χ0) is 17.8. The van der Waals surface area contributed by atoms with E-state index in [1.54, 1.807) is 6.20 Å². The highest BCUT2D eigenvalue weighted by Crippen LogP contribution is 2.28. The molecule has 26 heavy (non-hydrogen) atoms. The van der Waals surface area contributed by atoms with Crippen molar-refractivity contribution in [1.82, 2.24) is 15.0 Å². The van der Waals surface area contributed by atoms with Crippen LogP contribution in [-0.4, -0.2) is 28.1 Å². The molecule has 0 amide bonds. The molecule has 4 rings (SSSR count). The van der Waals surface area contributed by atoms with Crippen LogP contribution < -0.4 is 15.4 Å². The summed E-state index contributed by atoms with van der Waals surface area (Å²) in [6.45, 7) is 4.30. The van der Waals surface area contributed by atoms with E-state index in [2.05, 4.69) is 50.7 Å². The molecule has 0 fully saturated rings. The fourth-order valence-electron chi connectivity index (χ4n) is 2.86. The smallest absolute Gasteiger partial charge is 0.180 e. The summed E-state index contributed by atoms with van der Waals surface area (Å²) in [4.78, 5) is 13.6. The molecule has 132 valence electrons. The van der Waals surface area contributed by atoms with Crippen LogP contribution in [0, 0.1) is 0 Å². The number of benzene rings is 1. The quantitative estimate of drug-likeness (QED) is 0.736. The molecule has 0 spiro atoms. The van der Waals surface area contributed by atoms with Crippen molar-refractivity contribution in [3.05, 3.63) is 59.9 Å². The summed E-state index contributed by atoms with van der Waals surface area (Å²) in [5.41, 5.74) is 3.96. The van der Waals surface area contributed by atoms with Crippen LogP contribution in [0.1, 0.15) is 18.2 Å². The van der Waals surface area contributed by atoms with Crippen molar-refractivity contribution in [1.29, 1.82) is 0 Å². The summed E-state index contributed by atoms with van der Waals surface area (Å²) in [5.74, 6) is 2.35. The molecule has 0 saturated carbocycles. The molecular weight excluding hydrogens is 326 g/mol. The van der Waals surface area contributed by atoms with Gasteiger partial charge in [0, 0.05) is 31.0 Å². The Morgan fingerprint density at radius 1 is 1.15 bits per heavy atom. The predicted octanol–water partition coefficient (Wildman–Crippen LogP) is 3.52. The minimum absolute atomic E-state index is 0.644. The third kappa shape index (κ3) is 3.59. The van der Waals surface area contributed by atoms with Crippen LogP contribution in [0.15, 0.2) is 48.7 Å². The third-order valence-corrected chi connectivity index (χ3v) is 4.23. The molecule has 1 aliphatic heterocycles. The first-order valence-electron chi connectivity index (χ1n) is 8.84. The van der Waals surface area contributed by atoms with Gasteiger partial charge in [-0.05, 0) is 36.2 Å². The molecule has 1 aliphatic rings. The molecule has 3 aromatic rings. The van der Waals surface area contributed by atoms with Gasteiger partial charge in [0.25, 0.3) is 0 Å². The Kier molecular flexibility index (Phi) is 4.64. The maximum absolute atomic E-state index is 5.71. The van der Waals surface area contributed by atoms with Gasteiger partial charge in [0.1, 0.15) is 23.9 Å². The van der Waals surface area contributed by atoms with Gasteiger partial charge in [0.2, 0.25) is 0 Å². The fraction of sp³-hybridized carbons (Fsp3) is 0.250. The van der Waals surface area contributed by atoms with E-state index in [0.29, 0.717) is 19.0 Å². The van der Waals surface area contributed by atoms with E-state index in [1.165, 1.54) is 0 Å². The number of aromatic nitrogens is 3. The number of nitrogens with zero attached hydrogens (tertiary/aromatic N) is 3. The lowest BCUT2D eigenvalue weighted by atomic mass is 10.1. The monoisotopic (exact) mass is 347 g/mol. The number of pyridine rings is 1. The van der Waals surface area contributed by atoms with Gasteiger partial charge < -0.3 is 15.4 Å². The summed E-state index contributed by atoms with van der Waals surface area (Å²) in [5, 5.41) is 6.73. The molecule has 3 heterocycles. The molecule has 0 radical (unpaired) electrons. The highest BCUT2D eigenvalue weighted by molar-refractivity contribution is 5.59. The molecule has 2 N–H and O–H groups in total. The first-order valence-corrected chi connectivity index (χ1v) is 8.84. The van der Waals surface area contributed by atoms with E-state index < -0.39 is 0 Å². The Morgan fingerprint density at radius 2 is 2.12 bits per heavy atom. The number of rotatable bonds is 5. The minimum Gasteiger partial charge on any atom is -0.490 e. The van der Waals surface area contributed by atoms with E-state index in [1.807, 2.05) is 24.3 Å². The van der Waals surface area contributed by atoms with E-state index in [4.69, 9.17) is 4.74 Å². The standard InChI is InChI=1S/C20H21N5O/c1-2-15-12-19(25-20(24-15)17-5-3-4-8-21-17)23-13-14-6-7-16-18(11-14)26-10-9-22-16/h3-8,11-12,22H,2,9-10,13H2,1H3,(H,23,24,25). The Labute approximate surface area is 152 Å². The van der Waals surface area contributed by atoms with Gasteiger partial charge in [-0.25, -0.2) is 9.97 Å². The third-order valence-electron chi connectivity index (χ3n) is 4.23. The first-order chi connectivity index (χ1) is 12.8. The van der Waals surface area contributed by atoms with E-state index in [0.717, 1.165) is 47.2 Å². The van der Waals surface area contributed by atoms with Crippen molar-refractivity contribution in [3.63, 3.8) is 0 Å². The number of fused-ring (bicyclic) bond motifs is 1. The van der Waals surface area contributed by atoms with Crippen molar-refractivity contribution >= 4 is 11.5 Å². The fourth-order valence-corrected chi connectivity index (χ4v) is 2.86. The van der Waals surface area contributed by atoms with Crippen molar-refractivity contribution in [2.75, 3.05) is 23.8 Å². The summed E-state index contributed by atoms with van der Waals surface area (Å²) >= 11 is 0. The summed E-state index contributed by atoms with van der Waals surface area (Å²) in [6.07, 6.45) is 2.60. The number of hydrogen-bond donors (Lipinski definition) is 2. The summed E-state index contributed by atoms with van der Waals surface area (Å²) in [7, 11) is 0. The van der Waals surface area contributed by atoms with Crippen LogP contribution in [-0.2, 0) is 13.0 Å². The van der Waals surface area contributed by atoms with Crippen LogP contribution in [0.4, 0.5) is 11.5 Å². The summed E-state index contributed by atoms with van der Waals surface area (Å²) < 4.78 is 5.71. The average molecular weight is 347 g/mol. The summed E-state index contributed by atoms with van der Waals surface area (Å²) in [6, 6.07) is 14.0. The van der Waals surface area contributed by atoms with Crippen LogP contribution >= 0.6 is 0 Å². The predicted molar refractivity (Wildman–Crippen MR) is 102 cm³/mol. The van der Waals surface area contributed by atoms with Crippen LogP contribution in [0.3, 0.4) is 0 Å². The normalized spacial score (nSPS) is 12.7. The van der Waals surface area contributed by atoms with E-state index in [-0.39, 0.29) is 0 Å². The Balaban J connectivity index is 1.54. The Hall–Kier alpha value is -3.15. The van der Waals surface area contributed by atoms with Gasteiger partial charge >= 0.3 is 0 Å². The van der Waals surface area contributed by atoms with E-state index in [9.17, 15) is 0 Å². The molecule has 1 aromatic carbocycles. The molecule has 0 saturated heterocycles. The largest absolute Gasteiger partial charge is 0.490 e. The number of aryl methyl sites for hydroxylation is 1. The second-order valence-corrected chi connectivity index (χ2v) is 6.10. The second kappa shape index (κ2) is 7.39. The van der Waals surface area contributed by atoms with Crippen molar-refractivity contribution in [2.24, 2.45) is 0 Å². The van der Waals surface area contributed by atoms with Gasteiger partial charge in [0.05, 0.1) is 5.69 Å². The molecule has 0 atom stereocenters. The minimum atomic E-state index is 0.644. The van der Waals surface area contributed by atoms with E-state index >= 15 is 0 Å². The Bertz CT molecular complexity index is 898. The molecule has 0 aliphatic carbocycles. The lowest BCUT2D eigenvalue weighted by Gasteiger charge is -2.19. The molecule has 0 bridgehead atoms. The zero-order valence-electron chi connectivity index (χ0n) is 14.7. The van der Waals surface area contributed by atoms with Crippen molar-refractivity contribution in [2.45, 2.75) is 19.9 Å². The van der Waals surface area contributed by atoms with Crippen LogP contribution in [0.25, 0.3) is 11.5 Å². The Morgan fingerprint density at radius 3 is 2.96 bits per heavy atom. The van der Waals surface area contributed by atoms with Crippen molar-refractivity contribution in [3.8, 4) is 17.3 Å². The maximum atomic E-state index is 5.71. The highest BCUT2D eigenvalue weighted by Gasteiger charge is 2.11. The van der Waals surface area contributed by atoms with Gasteiger partial charge in [0.15, 0.2) is 5.82 Å². The molecule has 2 aromatic heterocycles. The molecule has 0 unspecified atom stereocenters. The van der Waals surface area contributed by atoms with Crippen LogP contribution in [0.2, 0.25) is 0 Å². The van der Waals surface area contributed by atoms with Gasteiger partial charge in [-0.15, -0.1) is 0 Å². The van der Waals surface area contributed by atoms with Crippen molar-refractivity contribution < 1.29 is 4.74 Å². The lowest BCUT2D eigenvalue weighted by molar-refractivity contribution is 0.323. The number of ether oxygens (including phenoxy) is 1. The lowest BCUT2D eigenvalue weighted by Crippen LogP contribution is -2.18. The molecule has 6 nitrogen and oxygen atoms in total. The van der Waals surface area contributed by atoms with Crippen LogP contribution in [0.5, 0.6) is 5.75 Å². The van der Waals surface area contributed by atoms with Gasteiger partial charge in [-0.2, -0.15) is 0 Å². The van der Waals surface area contributed by atoms with Gasteiger partial charge in [-0.1, -0.05) is 19.1 Å². The highest BCUT2D eigenvalue weighted by atomic mass is 16.5. The zero-order valence-corrected chi connectivity index (χ0v) is 14.7. The molecule has 6 heteroatoms. The second-order valence-electron chi connectivity index (χ2n) is 6.10. The SMILES string of the molecule is CCc1cc(NCc2ccc3c(c2)OCCN3)nc(-c2ccccn2)n1. The maximum Gasteiger partial charge on any atom is 0.180 e. The van der Waals surface area contributed by atoms with Gasteiger partial charge in [-0.3, -0.25) is 4.98 Å². The first kappa shape index (κ1) is 16.3.